The number of cyclic esters (lactones) is 1. The first-order valence-electron chi connectivity index (χ1n) is 5.85. The third-order valence-corrected chi connectivity index (χ3v) is 3.43. The number of hydrogen-bond acceptors (Lipinski definition) is 3. The predicted molar refractivity (Wildman–Crippen MR) is 63.2 cm³/mol. The number of carbonyl (C=O) groups excluding carboxylic acids is 2. The Balaban J connectivity index is 2.34. The van der Waals surface area contributed by atoms with Crippen LogP contribution >= 0.6 is 0 Å². The number of ether oxygens (including phenoxy) is 1. The lowest BCUT2D eigenvalue weighted by Gasteiger charge is -2.36. The molecule has 1 fully saturated rings. The van der Waals surface area contributed by atoms with Gasteiger partial charge < -0.3 is 4.74 Å². The minimum atomic E-state index is -1.10. The van der Waals surface area contributed by atoms with Crippen molar-refractivity contribution in [3.05, 3.63) is 35.6 Å². The molecule has 0 spiro atoms. The standard InChI is InChI=1S/C14H15FO3/c1-8-11(9-4-6-10(15)7-5-9)18-13(17)14(2,3)12(8)16/h4-8,11H,1-3H3/t8-,11+/m0/s1. The SMILES string of the molecule is C[C@@H]1C(=O)C(C)(C)C(=O)O[C@H]1c1ccc(F)cc1. The quantitative estimate of drug-likeness (QED) is 0.568. The van der Waals surface area contributed by atoms with Crippen molar-refractivity contribution in [2.45, 2.75) is 26.9 Å². The summed E-state index contributed by atoms with van der Waals surface area (Å²) in [7, 11) is 0. The first kappa shape index (κ1) is 12.7. The molecule has 4 heteroatoms. The molecule has 0 saturated carbocycles. The molecule has 2 atom stereocenters. The van der Waals surface area contributed by atoms with Gasteiger partial charge in [-0.15, -0.1) is 0 Å². The van der Waals surface area contributed by atoms with Crippen molar-refractivity contribution >= 4 is 11.8 Å². The lowest BCUT2D eigenvalue weighted by atomic mass is 9.76. The average Bonchev–Trinajstić information content (AvgIpc) is 2.33. The zero-order valence-electron chi connectivity index (χ0n) is 10.6. The van der Waals surface area contributed by atoms with Crippen LogP contribution < -0.4 is 0 Å². The number of carbonyl (C=O) groups is 2. The summed E-state index contributed by atoms with van der Waals surface area (Å²) in [5.41, 5.74) is -0.461. The van der Waals surface area contributed by atoms with Crippen LogP contribution in [0.2, 0.25) is 0 Å². The Hall–Kier alpha value is -1.71. The fourth-order valence-electron chi connectivity index (χ4n) is 2.18. The highest BCUT2D eigenvalue weighted by Gasteiger charge is 2.49. The van der Waals surface area contributed by atoms with E-state index in [2.05, 4.69) is 0 Å². The van der Waals surface area contributed by atoms with E-state index in [0.29, 0.717) is 5.56 Å². The number of hydrogen-bond donors (Lipinski definition) is 0. The summed E-state index contributed by atoms with van der Waals surface area (Å²) < 4.78 is 18.2. The summed E-state index contributed by atoms with van der Waals surface area (Å²) in [4.78, 5) is 23.9. The van der Waals surface area contributed by atoms with Crippen LogP contribution in [0.4, 0.5) is 4.39 Å². The Labute approximate surface area is 105 Å². The highest BCUT2D eigenvalue weighted by atomic mass is 19.1. The van der Waals surface area contributed by atoms with Gasteiger partial charge in [-0.25, -0.2) is 4.39 Å². The second-order valence-electron chi connectivity index (χ2n) is 5.16. The fourth-order valence-corrected chi connectivity index (χ4v) is 2.18. The first-order chi connectivity index (χ1) is 8.34. The number of Topliss-reactive ketones (excluding diaryl/α,β-unsaturated/α-hetero) is 1. The van der Waals surface area contributed by atoms with E-state index in [1.165, 1.54) is 24.3 Å². The maximum atomic E-state index is 12.9. The summed E-state index contributed by atoms with van der Waals surface area (Å²) in [6.45, 7) is 4.86. The molecule has 1 heterocycles. The molecule has 1 aliphatic heterocycles. The van der Waals surface area contributed by atoms with Gasteiger partial charge in [0.25, 0.3) is 0 Å². The van der Waals surface area contributed by atoms with Crippen molar-refractivity contribution in [2.75, 3.05) is 0 Å². The molecule has 96 valence electrons. The van der Waals surface area contributed by atoms with Gasteiger partial charge in [-0.05, 0) is 31.5 Å². The summed E-state index contributed by atoms with van der Waals surface area (Å²) in [5.74, 6) is -1.46. The van der Waals surface area contributed by atoms with E-state index in [4.69, 9.17) is 4.74 Å². The van der Waals surface area contributed by atoms with Gasteiger partial charge in [-0.2, -0.15) is 0 Å². The number of rotatable bonds is 1. The Kier molecular flexibility index (Phi) is 2.97. The van der Waals surface area contributed by atoms with E-state index in [-0.39, 0.29) is 11.6 Å². The monoisotopic (exact) mass is 250 g/mol. The molecule has 0 radical (unpaired) electrons. The molecule has 3 nitrogen and oxygen atoms in total. The van der Waals surface area contributed by atoms with Crippen LogP contribution in [0.3, 0.4) is 0 Å². The molecule has 1 aromatic carbocycles. The smallest absolute Gasteiger partial charge is 0.319 e. The molecule has 0 amide bonds. The van der Waals surface area contributed by atoms with Crippen molar-refractivity contribution < 1.29 is 18.7 Å². The lowest BCUT2D eigenvalue weighted by molar-refractivity contribution is -0.178. The lowest BCUT2D eigenvalue weighted by Crippen LogP contribution is -2.46. The minimum absolute atomic E-state index is 0.145. The van der Waals surface area contributed by atoms with Gasteiger partial charge in [0.05, 0.1) is 5.92 Å². The molecule has 0 unspecified atom stereocenters. The van der Waals surface area contributed by atoms with Gasteiger partial charge in [0, 0.05) is 0 Å². The van der Waals surface area contributed by atoms with Crippen LogP contribution in [0.25, 0.3) is 0 Å². The molecule has 2 rings (SSSR count). The topological polar surface area (TPSA) is 43.4 Å². The third kappa shape index (κ3) is 1.92. The van der Waals surface area contributed by atoms with Gasteiger partial charge in [0.2, 0.25) is 0 Å². The van der Waals surface area contributed by atoms with E-state index in [1.54, 1.807) is 20.8 Å². The zero-order chi connectivity index (χ0) is 13.5. The van der Waals surface area contributed by atoms with Crippen molar-refractivity contribution in [1.29, 1.82) is 0 Å². The molecule has 1 aromatic rings. The maximum absolute atomic E-state index is 12.9. The number of halogens is 1. The molecule has 0 bridgehead atoms. The van der Waals surface area contributed by atoms with E-state index in [0.717, 1.165) is 0 Å². The second kappa shape index (κ2) is 4.19. The van der Waals surface area contributed by atoms with Crippen molar-refractivity contribution in [1.82, 2.24) is 0 Å². The van der Waals surface area contributed by atoms with Crippen LogP contribution in [0.1, 0.15) is 32.4 Å². The normalized spacial score (nSPS) is 26.9. The first-order valence-corrected chi connectivity index (χ1v) is 5.85. The van der Waals surface area contributed by atoms with Gasteiger partial charge in [0.15, 0.2) is 5.78 Å². The van der Waals surface area contributed by atoms with Gasteiger partial charge in [-0.1, -0.05) is 19.1 Å². The van der Waals surface area contributed by atoms with Crippen molar-refractivity contribution in [2.24, 2.45) is 11.3 Å². The number of ketones is 1. The highest BCUT2D eigenvalue weighted by Crippen LogP contribution is 2.39. The van der Waals surface area contributed by atoms with Crippen LogP contribution in [-0.2, 0) is 14.3 Å². The molecule has 0 N–H and O–H groups in total. The van der Waals surface area contributed by atoms with Gasteiger partial charge in [0.1, 0.15) is 17.3 Å². The Morgan fingerprint density at radius 1 is 1.17 bits per heavy atom. The van der Waals surface area contributed by atoms with Crippen molar-refractivity contribution in [3.8, 4) is 0 Å². The van der Waals surface area contributed by atoms with Crippen LogP contribution in [0.5, 0.6) is 0 Å². The van der Waals surface area contributed by atoms with Crippen LogP contribution in [-0.4, -0.2) is 11.8 Å². The van der Waals surface area contributed by atoms with E-state index < -0.39 is 23.4 Å². The maximum Gasteiger partial charge on any atom is 0.319 e. The molecule has 18 heavy (non-hydrogen) atoms. The second-order valence-corrected chi connectivity index (χ2v) is 5.16. The Morgan fingerprint density at radius 3 is 2.28 bits per heavy atom. The van der Waals surface area contributed by atoms with E-state index >= 15 is 0 Å². The Bertz CT molecular complexity index is 490. The predicted octanol–water partition coefficient (Wildman–Crippen LogP) is 2.66. The zero-order valence-corrected chi connectivity index (χ0v) is 10.6. The molecule has 1 saturated heterocycles. The van der Waals surface area contributed by atoms with Gasteiger partial charge in [-0.3, -0.25) is 9.59 Å². The molecule has 1 aliphatic rings. The Morgan fingerprint density at radius 2 is 1.72 bits per heavy atom. The summed E-state index contributed by atoms with van der Waals surface area (Å²) in [6, 6.07) is 5.66. The average molecular weight is 250 g/mol. The van der Waals surface area contributed by atoms with Crippen molar-refractivity contribution in [3.63, 3.8) is 0 Å². The van der Waals surface area contributed by atoms with E-state index in [9.17, 15) is 14.0 Å². The van der Waals surface area contributed by atoms with Crippen LogP contribution in [0.15, 0.2) is 24.3 Å². The van der Waals surface area contributed by atoms with Gasteiger partial charge >= 0.3 is 5.97 Å². The summed E-state index contributed by atoms with van der Waals surface area (Å²) in [5, 5.41) is 0. The summed E-state index contributed by atoms with van der Waals surface area (Å²) in [6.07, 6.45) is -0.626. The largest absolute Gasteiger partial charge is 0.456 e. The molecule has 0 aliphatic carbocycles. The molecular formula is C14H15FO3. The number of esters is 1. The molecular weight excluding hydrogens is 235 g/mol. The summed E-state index contributed by atoms with van der Waals surface area (Å²) >= 11 is 0. The number of benzene rings is 1. The third-order valence-electron chi connectivity index (χ3n) is 3.43. The van der Waals surface area contributed by atoms with Crippen LogP contribution in [0, 0.1) is 17.2 Å². The fraction of sp³-hybridized carbons (Fsp3) is 0.429. The minimum Gasteiger partial charge on any atom is -0.456 e. The molecule has 0 aromatic heterocycles. The highest BCUT2D eigenvalue weighted by molar-refractivity contribution is 6.06. The van der Waals surface area contributed by atoms with E-state index in [1.807, 2.05) is 0 Å².